The number of nitrogens with zero attached hydrogens (tertiary/aromatic N) is 1. The molecule has 0 aromatic rings. The SMILES string of the molecule is CCC(CC)C(CNCC1CCCC(C)C1)N(C)C. The van der Waals surface area contributed by atoms with E-state index in [0.29, 0.717) is 6.04 Å². The van der Waals surface area contributed by atoms with Crippen LogP contribution in [0.15, 0.2) is 0 Å². The van der Waals surface area contributed by atoms with Crippen molar-refractivity contribution in [2.45, 2.75) is 65.3 Å². The smallest absolute Gasteiger partial charge is 0.0242 e. The minimum atomic E-state index is 0.691. The highest BCUT2D eigenvalue weighted by molar-refractivity contribution is 4.79. The third-order valence-electron chi connectivity index (χ3n) is 5.09. The van der Waals surface area contributed by atoms with Crippen molar-refractivity contribution in [3.8, 4) is 0 Å². The Labute approximate surface area is 121 Å². The van der Waals surface area contributed by atoms with Crippen molar-refractivity contribution in [2.75, 3.05) is 27.2 Å². The first-order chi connectivity index (χ1) is 9.08. The second-order valence-corrected chi connectivity index (χ2v) is 6.90. The molecular formula is C17H36N2. The molecule has 1 N–H and O–H groups in total. The maximum absolute atomic E-state index is 3.76. The first-order valence-corrected chi connectivity index (χ1v) is 8.45. The van der Waals surface area contributed by atoms with Crippen LogP contribution in [0, 0.1) is 17.8 Å². The fraction of sp³-hybridized carbons (Fsp3) is 1.00. The van der Waals surface area contributed by atoms with Gasteiger partial charge >= 0.3 is 0 Å². The predicted octanol–water partition coefficient (Wildman–Crippen LogP) is 3.77. The normalized spacial score (nSPS) is 26.1. The zero-order valence-electron chi connectivity index (χ0n) is 13.9. The van der Waals surface area contributed by atoms with Crippen LogP contribution in [0.4, 0.5) is 0 Å². The standard InChI is InChI=1S/C17H36N2/c1-6-16(7-2)17(19(4)5)13-18-12-15-10-8-9-14(3)11-15/h14-18H,6-13H2,1-5H3. The zero-order valence-corrected chi connectivity index (χ0v) is 13.9. The lowest BCUT2D eigenvalue weighted by Crippen LogP contribution is -2.44. The van der Waals surface area contributed by atoms with E-state index in [1.54, 1.807) is 0 Å². The van der Waals surface area contributed by atoms with E-state index in [1.165, 1.54) is 45.1 Å². The third kappa shape index (κ3) is 5.83. The second kappa shape index (κ2) is 8.97. The molecule has 3 unspecified atom stereocenters. The lowest BCUT2D eigenvalue weighted by Gasteiger charge is -2.33. The number of nitrogens with one attached hydrogen (secondary N) is 1. The second-order valence-electron chi connectivity index (χ2n) is 6.90. The van der Waals surface area contributed by atoms with Gasteiger partial charge in [-0.2, -0.15) is 0 Å². The van der Waals surface area contributed by atoms with Gasteiger partial charge in [0, 0.05) is 12.6 Å². The molecule has 3 atom stereocenters. The summed E-state index contributed by atoms with van der Waals surface area (Å²) in [5.41, 5.74) is 0. The van der Waals surface area contributed by atoms with Crippen LogP contribution >= 0.6 is 0 Å². The van der Waals surface area contributed by atoms with Crippen LogP contribution in [0.1, 0.15) is 59.3 Å². The van der Waals surface area contributed by atoms with Crippen LogP contribution in [0.25, 0.3) is 0 Å². The number of likely N-dealkylation sites (N-methyl/N-ethyl adjacent to an activating group) is 1. The van der Waals surface area contributed by atoms with Gasteiger partial charge in [0.25, 0.3) is 0 Å². The Morgan fingerprint density at radius 1 is 1.16 bits per heavy atom. The van der Waals surface area contributed by atoms with E-state index in [9.17, 15) is 0 Å². The average molecular weight is 268 g/mol. The van der Waals surface area contributed by atoms with Gasteiger partial charge in [0.15, 0.2) is 0 Å². The van der Waals surface area contributed by atoms with Crippen molar-refractivity contribution in [1.29, 1.82) is 0 Å². The van der Waals surface area contributed by atoms with Crippen molar-refractivity contribution in [3.63, 3.8) is 0 Å². The van der Waals surface area contributed by atoms with Crippen molar-refractivity contribution in [2.24, 2.45) is 17.8 Å². The van der Waals surface area contributed by atoms with Gasteiger partial charge in [-0.3, -0.25) is 0 Å². The molecule has 0 aliphatic heterocycles. The summed E-state index contributed by atoms with van der Waals surface area (Å²) in [6, 6.07) is 0.691. The summed E-state index contributed by atoms with van der Waals surface area (Å²) in [6.07, 6.45) is 8.35. The third-order valence-corrected chi connectivity index (χ3v) is 5.09. The molecule has 0 heterocycles. The Morgan fingerprint density at radius 2 is 1.84 bits per heavy atom. The molecule has 0 bridgehead atoms. The predicted molar refractivity (Wildman–Crippen MR) is 85.5 cm³/mol. The summed E-state index contributed by atoms with van der Waals surface area (Å²) < 4.78 is 0. The molecular weight excluding hydrogens is 232 g/mol. The van der Waals surface area contributed by atoms with E-state index < -0.39 is 0 Å². The van der Waals surface area contributed by atoms with Gasteiger partial charge in [-0.15, -0.1) is 0 Å². The molecule has 1 fully saturated rings. The van der Waals surface area contributed by atoms with Gasteiger partial charge in [0.2, 0.25) is 0 Å². The summed E-state index contributed by atoms with van der Waals surface area (Å²) in [5, 5.41) is 3.76. The molecule has 1 rings (SSSR count). The molecule has 0 saturated heterocycles. The van der Waals surface area contributed by atoms with Crippen LogP contribution in [0.2, 0.25) is 0 Å². The molecule has 0 aromatic carbocycles. The average Bonchev–Trinajstić information content (AvgIpc) is 2.38. The number of hydrogen-bond acceptors (Lipinski definition) is 2. The van der Waals surface area contributed by atoms with Gasteiger partial charge in [-0.1, -0.05) is 46.5 Å². The Hall–Kier alpha value is -0.0800. The molecule has 1 aliphatic rings. The summed E-state index contributed by atoms with van der Waals surface area (Å²) in [4.78, 5) is 2.41. The first-order valence-electron chi connectivity index (χ1n) is 8.45. The van der Waals surface area contributed by atoms with E-state index in [2.05, 4.69) is 45.1 Å². The molecule has 2 nitrogen and oxygen atoms in total. The van der Waals surface area contributed by atoms with Gasteiger partial charge in [-0.05, 0) is 51.2 Å². The molecule has 1 saturated carbocycles. The van der Waals surface area contributed by atoms with Gasteiger partial charge in [-0.25, -0.2) is 0 Å². The van der Waals surface area contributed by atoms with Crippen molar-refractivity contribution >= 4 is 0 Å². The Balaban J connectivity index is 2.31. The Kier molecular flexibility index (Phi) is 8.01. The van der Waals surface area contributed by atoms with Crippen molar-refractivity contribution in [1.82, 2.24) is 10.2 Å². The van der Waals surface area contributed by atoms with E-state index in [0.717, 1.165) is 24.3 Å². The Bertz CT molecular complexity index is 223. The van der Waals surface area contributed by atoms with Crippen LogP contribution in [-0.2, 0) is 0 Å². The molecule has 0 aromatic heterocycles. The maximum Gasteiger partial charge on any atom is 0.0242 e. The summed E-state index contributed by atoms with van der Waals surface area (Å²) in [5.74, 6) is 2.70. The van der Waals surface area contributed by atoms with Gasteiger partial charge in [0.1, 0.15) is 0 Å². The van der Waals surface area contributed by atoms with Crippen LogP contribution in [0.5, 0.6) is 0 Å². The number of hydrogen-bond donors (Lipinski definition) is 1. The van der Waals surface area contributed by atoms with E-state index in [4.69, 9.17) is 0 Å². The molecule has 0 spiro atoms. The van der Waals surface area contributed by atoms with E-state index in [-0.39, 0.29) is 0 Å². The first kappa shape index (κ1) is 17.0. The largest absolute Gasteiger partial charge is 0.315 e. The highest BCUT2D eigenvalue weighted by atomic mass is 15.1. The quantitative estimate of drug-likeness (QED) is 0.721. The van der Waals surface area contributed by atoms with Crippen LogP contribution < -0.4 is 5.32 Å². The molecule has 0 radical (unpaired) electrons. The molecule has 19 heavy (non-hydrogen) atoms. The monoisotopic (exact) mass is 268 g/mol. The highest BCUT2D eigenvalue weighted by Crippen LogP contribution is 2.28. The van der Waals surface area contributed by atoms with Gasteiger partial charge < -0.3 is 10.2 Å². The van der Waals surface area contributed by atoms with Crippen LogP contribution in [0.3, 0.4) is 0 Å². The highest BCUT2D eigenvalue weighted by Gasteiger charge is 2.22. The zero-order chi connectivity index (χ0) is 14.3. The lowest BCUT2D eigenvalue weighted by atomic mass is 9.82. The van der Waals surface area contributed by atoms with Crippen molar-refractivity contribution < 1.29 is 0 Å². The molecule has 2 heteroatoms. The van der Waals surface area contributed by atoms with Gasteiger partial charge in [0.05, 0.1) is 0 Å². The van der Waals surface area contributed by atoms with Crippen LogP contribution in [-0.4, -0.2) is 38.1 Å². The van der Waals surface area contributed by atoms with E-state index in [1.807, 2.05) is 0 Å². The van der Waals surface area contributed by atoms with E-state index >= 15 is 0 Å². The summed E-state index contributed by atoms with van der Waals surface area (Å²) >= 11 is 0. The molecule has 0 amide bonds. The topological polar surface area (TPSA) is 15.3 Å². The van der Waals surface area contributed by atoms with Crippen molar-refractivity contribution in [3.05, 3.63) is 0 Å². The minimum Gasteiger partial charge on any atom is -0.315 e. The molecule has 114 valence electrons. The Morgan fingerprint density at radius 3 is 2.37 bits per heavy atom. The summed E-state index contributed by atoms with van der Waals surface area (Å²) in [6.45, 7) is 9.46. The summed E-state index contributed by atoms with van der Waals surface area (Å²) in [7, 11) is 4.46. The maximum atomic E-state index is 3.76. The fourth-order valence-corrected chi connectivity index (χ4v) is 3.78. The molecule has 1 aliphatic carbocycles. The number of rotatable bonds is 8. The fourth-order valence-electron chi connectivity index (χ4n) is 3.78. The minimum absolute atomic E-state index is 0.691. The lowest BCUT2D eigenvalue weighted by molar-refractivity contribution is 0.187.